The lowest BCUT2D eigenvalue weighted by Gasteiger charge is -2.41. The number of nitrogens with zero attached hydrogens (tertiary/aromatic N) is 4. The molecular formula is C24H24F3N5O3. The third-order valence-electron chi connectivity index (χ3n) is 6.12. The number of anilines is 2. The van der Waals surface area contributed by atoms with Crippen LogP contribution in [-0.4, -0.2) is 39.4 Å². The second kappa shape index (κ2) is 8.47. The Morgan fingerprint density at radius 3 is 2.66 bits per heavy atom. The number of amides is 1. The van der Waals surface area contributed by atoms with Gasteiger partial charge in [-0.25, -0.2) is 13.2 Å². The highest BCUT2D eigenvalue weighted by molar-refractivity contribution is 6.07. The molecule has 1 saturated heterocycles. The number of aromatic nitrogens is 3. The fraction of sp³-hybridized carbons (Fsp3) is 0.375. The third kappa shape index (κ3) is 4.75. The van der Waals surface area contributed by atoms with Crippen LogP contribution in [0.3, 0.4) is 0 Å². The molecule has 2 aliphatic rings. The fourth-order valence-electron chi connectivity index (χ4n) is 4.02. The zero-order chi connectivity index (χ0) is 24.9. The summed E-state index contributed by atoms with van der Waals surface area (Å²) in [5.41, 5.74) is -0.0253. The van der Waals surface area contributed by atoms with Gasteiger partial charge < -0.3 is 19.5 Å². The highest BCUT2D eigenvalue weighted by atomic mass is 19.3. The number of benzene rings is 1. The van der Waals surface area contributed by atoms with Crippen molar-refractivity contribution in [1.82, 2.24) is 14.3 Å². The molecule has 2 aromatic heterocycles. The minimum Gasteiger partial charge on any atom is -0.487 e. The third-order valence-corrected chi connectivity index (χ3v) is 6.12. The van der Waals surface area contributed by atoms with Crippen molar-refractivity contribution in [2.75, 3.05) is 23.3 Å². The molecule has 1 amide bonds. The second-order valence-electron chi connectivity index (χ2n) is 9.10. The first-order valence-corrected chi connectivity index (χ1v) is 11.2. The van der Waals surface area contributed by atoms with Crippen LogP contribution in [0.1, 0.15) is 41.7 Å². The minimum atomic E-state index is -3.20. The van der Waals surface area contributed by atoms with E-state index in [1.165, 1.54) is 4.57 Å². The van der Waals surface area contributed by atoms with Crippen LogP contribution < -0.4 is 20.5 Å². The van der Waals surface area contributed by atoms with Gasteiger partial charge in [-0.1, -0.05) is 0 Å². The van der Waals surface area contributed by atoms with E-state index in [1.807, 2.05) is 0 Å². The summed E-state index contributed by atoms with van der Waals surface area (Å²) in [4.78, 5) is 27.7. The number of ether oxygens (including phenoxy) is 1. The van der Waals surface area contributed by atoms with E-state index in [9.17, 15) is 22.8 Å². The lowest BCUT2D eigenvalue weighted by atomic mass is 10.1. The summed E-state index contributed by atoms with van der Waals surface area (Å²) in [7, 11) is 1.56. The van der Waals surface area contributed by atoms with E-state index in [0.29, 0.717) is 37.4 Å². The Kier molecular flexibility index (Phi) is 5.57. The molecule has 0 unspecified atom stereocenters. The van der Waals surface area contributed by atoms with Crippen LogP contribution in [0, 0.1) is 5.82 Å². The number of rotatable bonds is 7. The first-order chi connectivity index (χ1) is 16.6. The van der Waals surface area contributed by atoms with Gasteiger partial charge in [-0.05, 0) is 31.0 Å². The van der Waals surface area contributed by atoms with Gasteiger partial charge in [0.15, 0.2) is 0 Å². The van der Waals surface area contributed by atoms with Gasteiger partial charge in [0.1, 0.15) is 23.2 Å². The van der Waals surface area contributed by atoms with Crippen molar-refractivity contribution in [1.29, 1.82) is 0 Å². The molecule has 5 rings (SSSR count). The van der Waals surface area contributed by atoms with Crippen molar-refractivity contribution in [2.24, 2.45) is 7.05 Å². The molecule has 1 aliphatic heterocycles. The van der Waals surface area contributed by atoms with Crippen molar-refractivity contribution in [3.05, 3.63) is 70.2 Å². The topological polar surface area (TPSA) is 81.4 Å². The van der Waals surface area contributed by atoms with E-state index in [2.05, 4.69) is 10.4 Å². The van der Waals surface area contributed by atoms with E-state index >= 15 is 0 Å². The summed E-state index contributed by atoms with van der Waals surface area (Å²) in [6.45, 7) is 1.28. The van der Waals surface area contributed by atoms with Gasteiger partial charge in [0.2, 0.25) is 0 Å². The van der Waals surface area contributed by atoms with E-state index in [0.717, 1.165) is 31.0 Å². The lowest BCUT2D eigenvalue weighted by molar-refractivity contribution is 0.0166. The SMILES string of the molecule is Cn1ccc(N2CC(Oc3cc(F)cc(C(C)(F)F)c3)C2)c(C(=O)Nc2cnn(C3CC3)c2)c1=O. The molecule has 3 heterocycles. The van der Waals surface area contributed by atoms with Gasteiger partial charge >= 0.3 is 0 Å². The number of hydrogen-bond acceptors (Lipinski definition) is 5. The molecule has 2 fully saturated rings. The van der Waals surface area contributed by atoms with Gasteiger partial charge in [0.25, 0.3) is 17.4 Å². The number of halogens is 3. The number of carbonyl (C=O) groups excluding carboxylic acids is 1. The maximum atomic E-state index is 13.8. The smallest absolute Gasteiger partial charge is 0.270 e. The molecular weight excluding hydrogens is 463 g/mol. The molecule has 1 saturated carbocycles. The highest BCUT2D eigenvalue weighted by Crippen LogP contribution is 2.35. The molecule has 0 atom stereocenters. The molecule has 1 N–H and O–H groups in total. The predicted molar refractivity (Wildman–Crippen MR) is 123 cm³/mol. The number of alkyl halides is 2. The van der Waals surface area contributed by atoms with Gasteiger partial charge in [-0.2, -0.15) is 5.10 Å². The predicted octanol–water partition coefficient (Wildman–Crippen LogP) is 3.69. The first-order valence-electron chi connectivity index (χ1n) is 11.2. The van der Waals surface area contributed by atoms with Crippen molar-refractivity contribution in [3.8, 4) is 5.75 Å². The number of pyridine rings is 1. The van der Waals surface area contributed by atoms with Crippen LogP contribution in [0.15, 0.2) is 47.7 Å². The Hall–Kier alpha value is -3.76. The van der Waals surface area contributed by atoms with Crippen LogP contribution in [0.4, 0.5) is 24.5 Å². The number of nitrogens with one attached hydrogen (secondary N) is 1. The van der Waals surface area contributed by atoms with Crippen molar-refractivity contribution >= 4 is 17.3 Å². The molecule has 0 spiro atoms. The lowest BCUT2D eigenvalue weighted by Crippen LogP contribution is -2.55. The Bertz CT molecular complexity index is 1340. The quantitative estimate of drug-likeness (QED) is 0.550. The number of aryl methyl sites for hydroxylation is 1. The first kappa shape index (κ1) is 23.0. The van der Waals surface area contributed by atoms with Gasteiger partial charge in [-0.15, -0.1) is 0 Å². The summed E-state index contributed by atoms with van der Waals surface area (Å²) >= 11 is 0. The number of carbonyl (C=O) groups is 1. The highest BCUT2D eigenvalue weighted by Gasteiger charge is 2.34. The van der Waals surface area contributed by atoms with Crippen LogP contribution in [0.5, 0.6) is 5.75 Å². The van der Waals surface area contributed by atoms with Gasteiger partial charge in [0, 0.05) is 38.0 Å². The molecule has 184 valence electrons. The molecule has 35 heavy (non-hydrogen) atoms. The standard InChI is InChI=1S/C24H24F3N5O3/c1-24(26,27)14-7-15(25)9-18(8-14)35-19-12-31(13-19)20-5-6-30(2)23(34)21(20)22(33)29-16-10-28-32(11-16)17-3-4-17/h5-11,17,19H,3-4,12-13H2,1-2H3,(H,29,33). The molecule has 1 aliphatic carbocycles. The van der Waals surface area contributed by atoms with Crippen molar-refractivity contribution in [2.45, 2.75) is 37.8 Å². The summed E-state index contributed by atoms with van der Waals surface area (Å²) in [5.74, 6) is -4.57. The molecule has 1 aromatic carbocycles. The van der Waals surface area contributed by atoms with Crippen molar-refractivity contribution < 1.29 is 22.7 Å². The Labute approximate surface area is 198 Å². The van der Waals surface area contributed by atoms with E-state index in [1.54, 1.807) is 41.3 Å². The molecule has 11 heteroatoms. The molecule has 8 nitrogen and oxygen atoms in total. The maximum Gasteiger partial charge on any atom is 0.270 e. The Morgan fingerprint density at radius 2 is 1.97 bits per heavy atom. The average Bonchev–Trinajstić information content (AvgIpc) is 3.50. The molecule has 0 radical (unpaired) electrons. The monoisotopic (exact) mass is 487 g/mol. The van der Waals surface area contributed by atoms with Crippen LogP contribution in [0.2, 0.25) is 0 Å². The fourth-order valence-corrected chi connectivity index (χ4v) is 4.02. The van der Waals surface area contributed by atoms with Crippen LogP contribution >= 0.6 is 0 Å². The zero-order valence-corrected chi connectivity index (χ0v) is 19.2. The summed E-state index contributed by atoms with van der Waals surface area (Å²) in [5, 5.41) is 6.99. The Morgan fingerprint density at radius 1 is 1.23 bits per heavy atom. The summed E-state index contributed by atoms with van der Waals surface area (Å²) in [6, 6.07) is 4.97. The van der Waals surface area contributed by atoms with Crippen LogP contribution in [-0.2, 0) is 13.0 Å². The van der Waals surface area contributed by atoms with Crippen LogP contribution in [0.25, 0.3) is 0 Å². The largest absolute Gasteiger partial charge is 0.487 e. The Balaban J connectivity index is 1.31. The molecule has 3 aromatic rings. The van der Waals surface area contributed by atoms with E-state index in [-0.39, 0.29) is 11.3 Å². The summed E-state index contributed by atoms with van der Waals surface area (Å²) < 4.78 is 49.8. The minimum absolute atomic E-state index is 0.000733. The second-order valence-corrected chi connectivity index (χ2v) is 9.10. The maximum absolute atomic E-state index is 13.8. The molecule has 0 bridgehead atoms. The van der Waals surface area contributed by atoms with Crippen molar-refractivity contribution in [3.63, 3.8) is 0 Å². The van der Waals surface area contributed by atoms with E-state index < -0.39 is 34.9 Å². The zero-order valence-electron chi connectivity index (χ0n) is 19.2. The van der Waals surface area contributed by atoms with Gasteiger partial charge in [-0.3, -0.25) is 14.3 Å². The number of hydrogen-bond donors (Lipinski definition) is 1. The van der Waals surface area contributed by atoms with E-state index in [4.69, 9.17) is 4.74 Å². The normalized spacial score (nSPS) is 16.2. The average molecular weight is 487 g/mol. The summed E-state index contributed by atoms with van der Waals surface area (Å²) in [6.07, 6.45) is 6.53. The van der Waals surface area contributed by atoms with Gasteiger partial charge in [0.05, 0.1) is 36.7 Å².